The molecule has 6 fully saturated rings. The summed E-state index contributed by atoms with van der Waals surface area (Å²) < 4.78 is 24.2. The zero-order chi connectivity index (χ0) is 24.1. The number of carbonyl (C=O) groups is 3. The summed E-state index contributed by atoms with van der Waals surface area (Å²) in [5.41, 5.74) is -2.08. The van der Waals surface area contributed by atoms with Gasteiger partial charge in [0.1, 0.15) is 12.2 Å². The van der Waals surface area contributed by atoms with Crippen LogP contribution in [0.4, 0.5) is 0 Å². The van der Waals surface area contributed by atoms with Crippen LogP contribution in [0.3, 0.4) is 0 Å². The van der Waals surface area contributed by atoms with Crippen molar-refractivity contribution in [1.29, 1.82) is 0 Å². The minimum atomic E-state index is -1.31. The second kappa shape index (κ2) is 7.12. The van der Waals surface area contributed by atoms with Crippen molar-refractivity contribution in [2.24, 2.45) is 34.0 Å². The number of carbonyl (C=O) groups excluding carboxylic acids is 3. The fourth-order valence-corrected chi connectivity index (χ4v) is 8.69. The van der Waals surface area contributed by atoms with Crippen LogP contribution in [0.2, 0.25) is 0 Å². The van der Waals surface area contributed by atoms with E-state index in [2.05, 4.69) is 20.4 Å². The second-order valence-corrected chi connectivity index (χ2v) is 11.3. The molecule has 0 unspecified atom stereocenters. The lowest BCUT2D eigenvalue weighted by Crippen LogP contribution is -2.81. The van der Waals surface area contributed by atoms with Crippen LogP contribution >= 0.6 is 0 Å². The molecule has 10 atom stereocenters. The molecule has 0 radical (unpaired) electrons. The number of fused-ring (bicyclic) bond motifs is 2. The minimum Gasteiger partial charge on any atom is -0.462 e. The first kappa shape index (κ1) is 23.0. The molecule has 8 heteroatoms. The first-order valence-corrected chi connectivity index (χ1v) is 11.9. The van der Waals surface area contributed by atoms with E-state index in [0.29, 0.717) is 24.8 Å². The van der Waals surface area contributed by atoms with Crippen LogP contribution in [0.5, 0.6) is 0 Å². The van der Waals surface area contributed by atoms with Crippen molar-refractivity contribution < 1.29 is 38.4 Å². The van der Waals surface area contributed by atoms with E-state index in [1.54, 1.807) is 7.11 Å². The number of aliphatic hydroxyl groups excluding tert-OH is 1. The molecule has 0 aromatic rings. The molecule has 8 nitrogen and oxygen atoms in total. The maximum Gasteiger partial charge on any atom is 0.302 e. The van der Waals surface area contributed by atoms with Crippen LogP contribution in [0.1, 0.15) is 53.4 Å². The van der Waals surface area contributed by atoms with Gasteiger partial charge in [0, 0.05) is 32.8 Å². The van der Waals surface area contributed by atoms with Crippen molar-refractivity contribution >= 4 is 17.7 Å². The molecule has 0 aromatic carbocycles. The van der Waals surface area contributed by atoms with Gasteiger partial charge >= 0.3 is 11.9 Å². The molecule has 2 saturated heterocycles. The van der Waals surface area contributed by atoms with Gasteiger partial charge in [-0.2, -0.15) is 0 Å². The Morgan fingerprint density at radius 1 is 1.15 bits per heavy atom. The Labute approximate surface area is 194 Å². The second-order valence-electron chi connectivity index (χ2n) is 11.3. The lowest BCUT2D eigenvalue weighted by Gasteiger charge is -2.73. The van der Waals surface area contributed by atoms with E-state index >= 15 is 0 Å². The Morgan fingerprint density at radius 2 is 1.82 bits per heavy atom. The highest BCUT2D eigenvalue weighted by molar-refractivity contribution is 6.05. The van der Waals surface area contributed by atoms with E-state index in [0.717, 1.165) is 6.42 Å². The summed E-state index contributed by atoms with van der Waals surface area (Å²) in [6, 6.07) is 0. The first-order chi connectivity index (χ1) is 15.4. The van der Waals surface area contributed by atoms with Gasteiger partial charge in [-0.3, -0.25) is 14.4 Å². The fraction of sp³-hybridized carbons (Fsp3) is 0.800. The molecule has 182 valence electrons. The Hall–Kier alpha value is -1.77. The molecule has 4 saturated carbocycles. The van der Waals surface area contributed by atoms with Gasteiger partial charge < -0.3 is 24.1 Å². The number of ether oxygens (including phenoxy) is 4. The summed E-state index contributed by atoms with van der Waals surface area (Å²) in [4.78, 5) is 38.4. The van der Waals surface area contributed by atoms with Gasteiger partial charge in [0.2, 0.25) is 0 Å². The zero-order valence-electron chi connectivity index (χ0n) is 20.0. The number of hydrogen-bond donors (Lipinski definition) is 1. The highest BCUT2D eigenvalue weighted by Crippen LogP contribution is 2.76. The molecule has 4 bridgehead atoms. The van der Waals surface area contributed by atoms with E-state index < -0.39 is 65.3 Å². The van der Waals surface area contributed by atoms with Gasteiger partial charge in [0.05, 0.1) is 23.0 Å². The van der Waals surface area contributed by atoms with Gasteiger partial charge in [0.25, 0.3) is 0 Å². The molecule has 33 heavy (non-hydrogen) atoms. The number of esters is 2. The van der Waals surface area contributed by atoms with Crippen molar-refractivity contribution in [2.75, 3.05) is 7.11 Å². The molecule has 2 heterocycles. The predicted molar refractivity (Wildman–Crippen MR) is 115 cm³/mol. The Bertz CT molecular complexity index is 925. The van der Waals surface area contributed by atoms with Crippen LogP contribution in [0, 0.1) is 34.0 Å². The highest BCUT2D eigenvalue weighted by Gasteiger charge is 2.84. The minimum absolute atomic E-state index is 0.0362. The fourth-order valence-electron chi connectivity index (χ4n) is 8.69. The molecule has 2 spiro atoms. The average molecular weight is 463 g/mol. The summed E-state index contributed by atoms with van der Waals surface area (Å²) in [7, 11) is 1.55. The molecule has 4 aliphatic carbocycles. The van der Waals surface area contributed by atoms with Gasteiger partial charge in [-0.15, -0.1) is 0 Å². The largest absolute Gasteiger partial charge is 0.462 e. The molecule has 0 aromatic heterocycles. The molecule has 2 aliphatic heterocycles. The number of ketones is 1. The Kier molecular flexibility index (Phi) is 4.96. The van der Waals surface area contributed by atoms with E-state index in [1.807, 2.05) is 0 Å². The van der Waals surface area contributed by atoms with Crippen LogP contribution in [-0.2, 0) is 33.3 Å². The van der Waals surface area contributed by atoms with Gasteiger partial charge in [-0.25, -0.2) is 0 Å². The maximum absolute atomic E-state index is 13.9. The van der Waals surface area contributed by atoms with Crippen LogP contribution < -0.4 is 0 Å². The van der Waals surface area contributed by atoms with E-state index in [-0.39, 0.29) is 17.1 Å². The third-order valence-corrected chi connectivity index (χ3v) is 9.59. The summed E-state index contributed by atoms with van der Waals surface area (Å²) in [6.45, 7) is 11.1. The standard InChI is InChI=1S/C25H34O8/c1-11-14-9-15(31-12(2)26)19-24-16(23(4,5)8-7-17(24)32-13(3)27)10-18(33-22(24)30-6)25(19,20(11)28)21(14)29/h14-19,21-22,29H,1,7-10H2,2-6H3/t14-,15-,16+,17+,18-,19-,21+,22+,24+,25+/m0/s1. The Balaban J connectivity index is 1.80. The highest BCUT2D eigenvalue weighted by atomic mass is 16.7. The van der Waals surface area contributed by atoms with Crippen molar-refractivity contribution in [2.45, 2.75) is 84.1 Å². The van der Waals surface area contributed by atoms with Gasteiger partial charge in [0.15, 0.2) is 12.1 Å². The summed E-state index contributed by atoms with van der Waals surface area (Å²) in [6.07, 6.45) is -1.45. The molecule has 0 amide bonds. The normalized spacial score (nSPS) is 49.3. The summed E-state index contributed by atoms with van der Waals surface area (Å²) in [5, 5.41) is 11.6. The predicted octanol–water partition coefficient (Wildman–Crippen LogP) is 2.17. The lowest BCUT2D eigenvalue weighted by molar-refractivity contribution is -0.415. The average Bonchev–Trinajstić information content (AvgIpc) is 2.85. The first-order valence-electron chi connectivity index (χ1n) is 11.9. The number of Topliss-reactive ketones (excluding diaryl/α,β-unsaturated/α-hetero) is 1. The SMILES string of the molecule is C=C1C(=O)[C@@]23[C@@H]4C[C@@H]5C(C)(C)CC[C@@H](OC(C)=O)[C@@]5([C@H](OC)O4)[C@@H]2[C@@H](OC(C)=O)C[C@@H]1[C@H]3O. The number of hydrogen-bond acceptors (Lipinski definition) is 8. The van der Waals surface area contributed by atoms with Gasteiger partial charge in [-0.1, -0.05) is 20.4 Å². The van der Waals surface area contributed by atoms with Crippen molar-refractivity contribution in [3.8, 4) is 0 Å². The van der Waals surface area contributed by atoms with E-state index in [4.69, 9.17) is 18.9 Å². The number of aliphatic hydroxyl groups is 1. The zero-order valence-corrected chi connectivity index (χ0v) is 20.0. The molecule has 6 aliphatic rings. The van der Waals surface area contributed by atoms with Crippen LogP contribution in [-0.4, -0.2) is 60.6 Å². The molecule has 1 N–H and O–H groups in total. The molecular weight excluding hydrogens is 428 g/mol. The molecular formula is C25H34O8. The van der Waals surface area contributed by atoms with Crippen molar-refractivity contribution in [1.82, 2.24) is 0 Å². The quantitative estimate of drug-likeness (QED) is 0.502. The lowest BCUT2D eigenvalue weighted by atomic mass is 9.36. The summed E-state index contributed by atoms with van der Waals surface area (Å²) >= 11 is 0. The van der Waals surface area contributed by atoms with Crippen molar-refractivity contribution in [3.63, 3.8) is 0 Å². The monoisotopic (exact) mass is 462 g/mol. The van der Waals surface area contributed by atoms with Crippen molar-refractivity contribution in [3.05, 3.63) is 12.2 Å². The third kappa shape index (κ3) is 2.60. The molecule has 6 rings (SSSR count). The Morgan fingerprint density at radius 3 is 2.42 bits per heavy atom. The third-order valence-electron chi connectivity index (χ3n) is 9.59. The van der Waals surface area contributed by atoms with E-state index in [9.17, 15) is 19.5 Å². The van der Waals surface area contributed by atoms with Gasteiger partial charge in [-0.05, 0) is 42.6 Å². The van der Waals surface area contributed by atoms with Crippen LogP contribution in [0.25, 0.3) is 0 Å². The van der Waals surface area contributed by atoms with Crippen LogP contribution in [0.15, 0.2) is 12.2 Å². The topological polar surface area (TPSA) is 108 Å². The number of rotatable bonds is 3. The van der Waals surface area contributed by atoms with E-state index in [1.165, 1.54) is 13.8 Å². The smallest absolute Gasteiger partial charge is 0.302 e. The summed E-state index contributed by atoms with van der Waals surface area (Å²) in [5.74, 6) is -2.26. The number of methoxy groups -OCH3 is 1. The maximum atomic E-state index is 13.9.